The Bertz CT molecular complexity index is 396. The van der Waals surface area contributed by atoms with Crippen LogP contribution in [-0.4, -0.2) is 11.7 Å². The van der Waals surface area contributed by atoms with Crippen molar-refractivity contribution in [1.82, 2.24) is 0 Å². The third-order valence-corrected chi connectivity index (χ3v) is 3.91. The maximum atomic E-state index is 10.1. The van der Waals surface area contributed by atoms with Crippen molar-refractivity contribution in [2.24, 2.45) is 0 Å². The van der Waals surface area contributed by atoms with Gasteiger partial charge in [0.05, 0.1) is 12.7 Å². The number of hydrogen-bond donors (Lipinski definition) is 1. The van der Waals surface area contributed by atoms with Crippen LogP contribution in [0.2, 0.25) is 0 Å². The summed E-state index contributed by atoms with van der Waals surface area (Å²) in [7, 11) is 0. The molecular formula is C15H22O2. The SMILES string of the molecule is CCC(C)(C)c1ccc2c(c1)[C@@H](O)CCCO2. The number of benzene rings is 1. The molecule has 0 aromatic heterocycles. The molecule has 0 unspecified atom stereocenters. The van der Waals surface area contributed by atoms with Crippen LogP contribution in [0.5, 0.6) is 5.75 Å². The summed E-state index contributed by atoms with van der Waals surface area (Å²) in [5.74, 6) is 0.852. The van der Waals surface area contributed by atoms with Crippen molar-refractivity contribution in [2.45, 2.75) is 51.6 Å². The largest absolute Gasteiger partial charge is 0.493 e. The zero-order chi connectivity index (χ0) is 12.5. The van der Waals surface area contributed by atoms with Crippen LogP contribution in [0.4, 0.5) is 0 Å². The first kappa shape index (κ1) is 12.4. The normalized spacial score (nSPS) is 20.4. The van der Waals surface area contributed by atoms with Gasteiger partial charge in [0, 0.05) is 5.56 Å². The minimum Gasteiger partial charge on any atom is -0.493 e. The molecule has 1 atom stereocenters. The molecule has 1 N–H and O–H groups in total. The van der Waals surface area contributed by atoms with Gasteiger partial charge in [-0.2, -0.15) is 0 Å². The Hall–Kier alpha value is -1.02. The molecule has 17 heavy (non-hydrogen) atoms. The average molecular weight is 234 g/mol. The fourth-order valence-electron chi connectivity index (χ4n) is 2.18. The van der Waals surface area contributed by atoms with E-state index in [9.17, 15) is 5.11 Å². The molecule has 1 aliphatic rings. The number of ether oxygens (including phenoxy) is 1. The molecule has 1 aliphatic heterocycles. The first-order valence-electron chi connectivity index (χ1n) is 6.50. The monoisotopic (exact) mass is 234 g/mol. The lowest BCUT2D eigenvalue weighted by Gasteiger charge is -2.25. The van der Waals surface area contributed by atoms with E-state index in [0.717, 1.165) is 30.6 Å². The fourth-order valence-corrected chi connectivity index (χ4v) is 2.18. The van der Waals surface area contributed by atoms with Crippen molar-refractivity contribution in [3.05, 3.63) is 29.3 Å². The van der Waals surface area contributed by atoms with E-state index in [0.29, 0.717) is 6.61 Å². The molecule has 1 aromatic rings. The van der Waals surface area contributed by atoms with Gasteiger partial charge in [0.2, 0.25) is 0 Å². The van der Waals surface area contributed by atoms with Crippen LogP contribution in [0.15, 0.2) is 18.2 Å². The Kier molecular flexibility index (Phi) is 3.43. The molecule has 0 bridgehead atoms. The van der Waals surface area contributed by atoms with Gasteiger partial charge in [0.25, 0.3) is 0 Å². The Morgan fingerprint density at radius 1 is 1.41 bits per heavy atom. The fraction of sp³-hybridized carbons (Fsp3) is 0.600. The van der Waals surface area contributed by atoms with Gasteiger partial charge < -0.3 is 9.84 Å². The van der Waals surface area contributed by atoms with Gasteiger partial charge in [-0.05, 0) is 42.4 Å². The predicted octanol–water partition coefficient (Wildman–Crippen LogP) is 3.58. The number of hydrogen-bond acceptors (Lipinski definition) is 2. The van der Waals surface area contributed by atoms with E-state index in [4.69, 9.17) is 4.74 Å². The molecule has 2 heteroatoms. The summed E-state index contributed by atoms with van der Waals surface area (Å²) < 4.78 is 5.66. The number of aliphatic hydroxyl groups excluding tert-OH is 1. The third-order valence-electron chi connectivity index (χ3n) is 3.91. The Morgan fingerprint density at radius 3 is 2.88 bits per heavy atom. The van der Waals surface area contributed by atoms with E-state index in [1.807, 2.05) is 6.07 Å². The van der Waals surface area contributed by atoms with Gasteiger partial charge in [-0.3, -0.25) is 0 Å². The van der Waals surface area contributed by atoms with E-state index in [1.165, 1.54) is 5.56 Å². The molecule has 0 saturated carbocycles. The quantitative estimate of drug-likeness (QED) is 0.847. The molecular weight excluding hydrogens is 212 g/mol. The Balaban J connectivity index is 2.41. The summed E-state index contributed by atoms with van der Waals surface area (Å²) in [4.78, 5) is 0. The Morgan fingerprint density at radius 2 is 2.18 bits per heavy atom. The molecule has 1 aromatic carbocycles. The zero-order valence-corrected chi connectivity index (χ0v) is 11.0. The summed E-state index contributed by atoms with van der Waals surface area (Å²) in [6.07, 6.45) is 2.42. The summed E-state index contributed by atoms with van der Waals surface area (Å²) >= 11 is 0. The second kappa shape index (κ2) is 4.69. The van der Waals surface area contributed by atoms with Crippen LogP contribution >= 0.6 is 0 Å². The average Bonchev–Trinajstić information content (AvgIpc) is 2.51. The van der Waals surface area contributed by atoms with Crippen LogP contribution in [0.3, 0.4) is 0 Å². The Labute approximate surface area is 104 Å². The van der Waals surface area contributed by atoms with Crippen LogP contribution in [-0.2, 0) is 5.41 Å². The molecule has 2 nitrogen and oxygen atoms in total. The van der Waals surface area contributed by atoms with Gasteiger partial charge >= 0.3 is 0 Å². The maximum Gasteiger partial charge on any atom is 0.125 e. The van der Waals surface area contributed by atoms with Crippen LogP contribution < -0.4 is 4.74 Å². The second-order valence-corrected chi connectivity index (χ2v) is 5.50. The predicted molar refractivity (Wildman–Crippen MR) is 69.4 cm³/mol. The summed E-state index contributed by atoms with van der Waals surface area (Å²) in [5.41, 5.74) is 2.39. The minimum absolute atomic E-state index is 0.154. The third kappa shape index (κ3) is 2.47. The molecule has 1 heterocycles. The van der Waals surface area contributed by atoms with Gasteiger partial charge in [0.1, 0.15) is 5.75 Å². The van der Waals surface area contributed by atoms with E-state index >= 15 is 0 Å². The van der Waals surface area contributed by atoms with Crippen molar-refractivity contribution >= 4 is 0 Å². The summed E-state index contributed by atoms with van der Waals surface area (Å²) in [6.45, 7) is 7.37. The zero-order valence-electron chi connectivity index (χ0n) is 11.0. The van der Waals surface area contributed by atoms with Gasteiger partial charge in [-0.15, -0.1) is 0 Å². The molecule has 0 amide bonds. The first-order chi connectivity index (χ1) is 8.04. The van der Waals surface area contributed by atoms with Gasteiger partial charge in [0.15, 0.2) is 0 Å². The highest BCUT2D eigenvalue weighted by atomic mass is 16.5. The minimum atomic E-state index is -0.375. The lowest BCUT2D eigenvalue weighted by Crippen LogP contribution is -2.16. The summed E-state index contributed by atoms with van der Waals surface area (Å²) in [6, 6.07) is 6.26. The van der Waals surface area contributed by atoms with Gasteiger partial charge in [-0.25, -0.2) is 0 Å². The van der Waals surface area contributed by atoms with Crippen LogP contribution in [0.25, 0.3) is 0 Å². The molecule has 0 radical (unpaired) electrons. The lowest BCUT2D eigenvalue weighted by molar-refractivity contribution is 0.167. The number of rotatable bonds is 2. The number of aliphatic hydroxyl groups is 1. The lowest BCUT2D eigenvalue weighted by atomic mass is 9.81. The maximum absolute atomic E-state index is 10.1. The van der Waals surface area contributed by atoms with Crippen LogP contribution in [0, 0.1) is 0 Å². The van der Waals surface area contributed by atoms with Crippen LogP contribution in [0.1, 0.15) is 57.3 Å². The smallest absolute Gasteiger partial charge is 0.125 e. The van der Waals surface area contributed by atoms with Crippen molar-refractivity contribution in [3.8, 4) is 5.75 Å². The van der Waals surface area contributed by atoms with E-state index in [1.54, 1.807) is 0 Å². The molecule has 0 spiro atoms. The highest BCUT2D eigenvalue weighted by Crippen LogP contribution is 2.36. The topological polar surface area (TPSA) is 29.5 Å². The molecule has 0 aliphatic carbocycles. The highest BCUT2D eigenvalue weighted by Gasteiger charge is 2.23. The molecule has 2 rings (SSSR count). The van der Waals surface area contributed by atoms with Crippen molar-refractivity contribution in [1.29, 1.82) is 0 Å². The second-order valence-electron chi connectivity index (χ2n) is 5.50. The number of fused-ring (bicyclic) bond motifs is 1. The summed E-state index contributed by atoms with van der Waals surface area (Å²) in [5, 5.41) is 10.1. The van der Waals surface area contributed by atoms with Crippen molar-refractivity contribution in [2.75, 3.05) is 6.61 Å². The molecule has 0 saturated heterocycles. The van der Waals surface area contributed by atoms with Gasteiger partial charge in [-0.1, -0.05) is 26.8 Å². The first-order valence-corrected chi connectivity index (χ1v) is 6.50. The highest BCUT2D eigenvalue weighted by molar-refractivity contribution is 5.41. The van der Waals surface area contributed by atoms with E-state index in [2.05, 4.69) is 32.9 Å². The van der Waals surface area contributed by atoms with E-state index < -0.39 is 0 Å². The standard InChI is InChI=1S/C15H22O2/c1-4-15(2,3)11-7-8-14-12(10-11)13(16)6-5-9-17-14/h7-8,10,13,16H,4-6,9H2,1-3H3/t13-/m0/s1. The molecule has 94 valence electrons. The van der Waals surface area contributed by atoms with Crippen molar-refractivity contribution in [3.63, 3.8) is 0 Å². The molecule has 0 fully saturated rings. The van der Waals surface area contributed by atoms with Crippen molar-refractivity contribution < 1.29 is 9.84 Å². The van der Waals surface area contributed by atoms with E-state index in [-0.39, 0.29) is 11.5 Å².